The fraction of sp³-hybridized carbons (Fsp3) is 0.462. The topological polar surface area (TPSA) is 41.1 Å². The van der Waals surface area contributed by atoms with E-state index in [-0.39, 0.29) is 11.9 Å². The molecule has 0 heterocycles. The van der Waals surface area contributed by atoms with Crippen LogP contribution in [0.4, 0.5) is 5.69 Å². The summed E-state index contributed by atoms with van der Waals surface area (Å²) in [4.78, 5) is 11.6. The second-order valence-corrected chi connectivity index (χ2v) is 5.11. The van der Waals surface area contributed by atoms with Gasteiger partial charge in [-0.25, -0.2) is 0 Å². The van der Waals surface area contributed by atoms with Crippen LogP contribution in [0.25, 0.3) is 0 Å². The fourth-order valence-corrected chi connectivity index (χ4v) is 1.90. The number of rotatable bonds is 5. The highest BCUT2D eigenvalue weighted by molar-refractivity contribution is 9.10. The quantitative estimate of drug-likeness (QED) is 0.877. The van der Waals surface area contributed by atoms with Gasteiger partial charge in [-0.3, -0.25) is 4.79 Å². The lowest BCUT2D eigenvalue weighted by atomic mass is 10.2. The molecule has 4 heteroatoms. The Morgan fingerprint density at radius 1 is 1.47 bits per heavy atom. The van der Waals surface area contributed by atoms with Crippen LogP contribution in [0.2, 0.25) is 0 Å². The zero-order valence-electron chi connectivity index (χ0n) is 10.5. The minimum Gasteiger partial charge on any atom is -0.376 e. The van der Waals surface area contributed by atoms with Gasteiger partial charge in [0.1, 0.15) is 0 Å². The molecular formula is C13H19BrN2O. The van der Waals surface area contributed by atoms with E-state index in [1.54, 1.807) is 0 Å². The molecule has 17 heavy (non-hydrogen) atoms. The summed E-state index contributed by atoms with van der Waals surface area (Å²) < 4.78 is 1.05. The van der Waals surface area contributed by atoms with Gasteiger partial charge in [-0.05, 0) is 44.0 Å². The summed E-state index contributed by atoms with van der Waals surface area (Å²) in [5, 5.41) is 6.06. The van der Waals surface area contributed by atoms with Gasteiger partial charge in [0.25, 0.3) is 0 Å². The smallest absolute Gasteiger partial charge is 0.239 e. The Balaban J connectivity index is 2.47. The summed E-state index contributed by atoms with van der Waals surface area (Å²) in [6.45, 7) is 6.38. The van der Waals surface area contributed by atoms with Gasteiger partial charge in [0, 0.05) is 16.2 Å². The van der Waals surface area contributed by atoms with Crippen LogP contribution in [0, 0.1) is 6.92 Å². The molecule has 2 N–H and O–H groups in total. The van der Waals surface area contributed by atoms with E-state index in [9.17, 15) is 4.79 Å². The Morgan fingerprint density at radius 3 is 2.76 bits per heavy atom. The standard InChI is InChI=1S/C13H19BrN2O/c1-4-10(3)16-13(17)8-15-12-6-5-11(14)7-9(12)2/h5-7,10,15H,4,8H2,1-3H3,(H,16,17). The molecule has 1 unspecified atom stereocenters. The van der Waals surface area contributed by atoms with Crippen molar-refractivity contribution < 1.29 is 4.79 Å². The fourth-order valence-electron chi connectivity index (χ4n) is 1.43. The van der Waals surface area contributed by atoms with Crippen molar-refractivity contribution in [3.05, 3.63) is 28.2 Å². The highest BCUT2D eigenvalue weighted by atomic mass is 79.9. The molecule has 0 saturated carbocycles. The van der Waals surface area contributed by atoms with Gasteiger partial charge in [-0.1, -0.05) is 22.9 Å². The number of carbonyl (C=O) groups is 1. The number of carbonyl (C=O) groups excluding carboxylic acids is 1. The third-order valence-corrected chi connectivity index (χ3v) is 3.14. The predicted octanol–water partition coefficient (Wildman–Crippen LogP) is 3.08. The van der Waals surface area contributed by atoms with Crippen LogP contribution >= 0.6 is 15.9 Å². The number of hydrogen-bond acceptors (Lipinski definition) is 2. The highest BCUT2D eigenvalue weighted by Crippen LogP contribution is 2.19. The maximum atomic E-state index is 11.6. The Kier molecular flexibility index (Phi) is 5.48. The highest BCUT2D eigenvalue weighted by Gasteiger charge is 2.05. The number of aryl methyl sites for hydroxylation is 1. The predicted molar refractivity (Wildman–Crippen MR) is 75.3 cm³/mol. The molecule has 1 rings (SSSR count). The Hall–Kier alpha value is -1.03. The number of hydrogen-bond donors (Lipinski definition) is 2. The van der Waals surface area contributed by atoms with E-state index in [2.05, 4.69) is 33.5 Å². The molecule has 0 aromatic heterocycles. The molecule has 0 saturated heterocycles. The number of anilines is 1. The maximum Gasteiger partial charge on any atom is 0.239 e. The summed E-state index contributed by atoms with van der Waals surface area (Å²) in [7, 11) is 0. The molecule has 0 spiro atoms. The number of halogens is 1. The van der Waals surface area contributed by atoms with Gasteiger partial charge in [0.2, 0.25) is 5.91 Å². The van der Waals surface area contributed by atoms with Crippen LogP contribution in [0.1, 0.15) is 25.8 Å². The van der Waals surface area contributed by atoms with Crippen molar-refractivity contribution in [2.24, 2.45) is 0 Å². The van der Waals surface area contributed by atoms with Crippen molar-refractivity contribution in [3.63, 3.8) is 0 Å². The lowest BCUT2D eigenvalue weighted by molar-refractivity contribution is -0.120. The van der Waals surface area contributed by atoms with E-state index >= 15 is 0 Å². The summed E-state index contributed by atoms with van der Waals surface area (Å²) >= 11 is 3.41. The number of amides is 1. The second kappa shape index (κ2) is 6.64. The monoisotopic (exact) mass is 298 g/mol. The average molecular weight is 299 g/mol. The van der Waals surface area contributed by atoms with Gasteiger partial charge in [-0.2, -0.15) is 0 Å². The van der Waals surface area contributed by atoms with Crippen molar-refractivity contribution in [2.75, 3.05) is 11.9 Å². The first-order valence-corrected chi connectivity index (χ1v) is 6.61. The van der Waals surface area contributed by atoms with Crippen LogP contribution in [-0.2, 0) is 4.79 Å². The first kappa shape index (κ1) is 14.0. The first-order valence-electron chi connectivity index (χ1n) is 5.82. The van der Waals surface area contributed by atoms with Crippen LogP contribution in [0.3, 0.4) is 0 Å². The van der Waals surface area contributed by atoms with E-state index in [0.29, 0.717) is 6.54 Å². The Morgan fingerprint density at radius 2 is 2.18 bits per heavy atom. The normalized spacial score (nSPS) is 12.0. The minimum absolute atomic E-state index is 0.0293. The molecule has 1 atom stereocenters. The van der Waals surface area contributed by atoms with Crippen molar-refractivity contribution in [1.29, 1.82) is 0 Å². The Labute approximate surface area is 111 Å². The van der Waals surface area contributed by atoms with Crippen LogP contribution in [0.5, 0.6) is 0 Å². The molecule has 1 aromatic rings. The average Bonchev–Trinajstić information content (AvgIpc) is 2.27. The van der Waals surface area contributed by atoms with Crippen molar-refractivity contribution in [3.8, 4) is 0 Å². The summed E-state index contributed by atoms with van der Waals surface area (Å²) in [5.74, 6) is 0.0293. The van der Waals surface area contributed by atoms with Gasteiger partial charge >= 0.3 is 0 Å². The number of benzene rings is 1. The molecule has 0 aliphatic rings. The molecule has 0 aliphatic heterocycles. The zero-order valence-corrected chi connectivity index (χ0v) is 12.1. The zero-order chi connectivity index (χ0) is 12.8. The van der Waals surface area contributed by atoms with E-state index in [4.69, 9.17) is 0 Å². The molecule has 0 fully saturated rings. The molecule has 1 amide bonds. The van der Waals surface area contributed by atoms with Crippen molar-refractivity contribution >= 4 is 27.5 Å². The van der Waals surface area contributed by atoms with E-state index in [1.807, 2.05) is 32.0 Å². The lowest BCUT2D eigenvalue weighted by Gasteiger charge is -2.13. The lowest BCUT2D eigenvalue weighted by Crippen LogP contribution is -2.36. The number of nitrogens with one attached hydrogen (secondary N) is 2. The van der Waals surface area contributed by atoms with Crippen molar-refractivity contribution in [2.45, 2.75) is 33.2 Å². The maximum absolute atomic E-state index is 11.6. The van der Waals surface area contributed by atoms with Gasteiger partial charge in [-0.15, -0.1) is 0 Å². The Bertz CT molecular complexity index is 393. The molecule has 94 valence electrons. The van der Waals surface area contributed by atoms with E-state index in [0.717, 1.165) is 22.1 Å². The summed E-state index contributed by atoms with van der Waals surface area (Å²) in [6.07, 6.45) is 0.947. The van der Waals surface area contributed by atoms with E-state index in [1.165, 1.54) is 0 Å². The third-order valence-electron chi connectivity index (χ3n) is 2.65. The molecule has 3 nitrogen and oxygen atoms in total. The van der Waals surface area contributed by atoms with Gasteiger partial charge in [0.15, 0.2) is 0 Å². The van der Waals surface area contributed by atoms with Crippen LogP contribution in [0.15, 0.2) is 22.7 Å². The first-order chi connectivity index (χ1) is 8.02. The SMILES string of the molecule is CCC(C)NC(=O)CNc1ccc(Br)cc1C. The van der Waals surface area contributed by atoms with Gasteiger partial charge in [0.05, 0.1) is 6.54 Å². The third kappa shape index (κ3) is 4.77. The molecule has 1 aromatic carbocycles. The molecule has 0 bridgehead atoms. The molecule has 0 aliphatic carbocycles. The molecular weight excluding hydrogens is 280 g/mol. The van der Waals surface area contributed by atoms with Crippen molar-refractivity contribution in [1.82, 2.24) is 5.32 Å². The van der Waals surface area contributed by atoms with E-state index < -0.39 is 0 Å². The van der Waals surface area contributed by atoms with Crippen LogP contribution in [-0.4, -0.2) is 18.5 Å². The second-order valence-electron chi connectivity index (χ2n) is 4.19. The minimum atomic E-state index is 0.0293. The molecule has 0 radical (unpaired) electrons. The summed E-state index contributed by atoms with van der Waals surface area (Å²) in [6, 6.07) is 6.18. The largest absolute Gasteiger partial charge is 0.376 e. The van der Waals surface area contributed by atoms with Crippen LogP contribution < -0.4 is 10.6 Å². The van der Waals surface area contributed by atoms with Gasteiger partial charge < -0.3 is 10.6 Å². The summed E-state index contributed by atoms with van der Waals surface area (Å²) in [5.41, 5.74) is 2.11.